The summed E-state index contributed by atoms with van der Waals surface area (Å²) in [4.78, 5) is 28.9. The third-order valence-corrected chi connectivity index (χ3v) is 4.00. The number of nitrogens with zero attached hydrogens (tertiary/aromatic N) is 4. The quantitative estimate of drug-likeness (QED) is 0.351. The maximum absolute atomic E-state index is 10.8. The standard InChI is InChI=1S/C20H14N4O6/c25-19-7-5-17(23(27)28)9-13(19)11-21-15-1-2-16(4-3-15)22-12-14-10-18(24(29)30)6-8-20(14)26/h1-12,25-26H. The third kappa shape index (κ3) is 4.81. The smallest absolute Gasteiger partial charge is 0.270 e. The van der Waals surface area contributed by atoms with Gasteiger partial charge in [0.1, 0.15) is 11.5 Å². The molecule has 30 heavy (non-hydrogen) atoms. The number of hydrogen-bond acceptors (Lipinski definition) is 8. The second kappa shape index (κ2) is 8.61. The Morgan fingerprint density at radius 1 is 0.667 bits per heavy atom. The fourth-order valence-corrected chi connectivity index (χ4v) is 2.43. The molecule has 0 aliphatic carbocycles. The number of rotatable bonds is 6. The minimum Gasteiger partial charge on any atom is -0.507 e. The molecule has 0 amide bonds. The monoisotopic (exact) mass is 406 g/mol. The molecule has 0 atom stereocenters. The SMILES string of the molecule is O=[N+]([O-])c1ccc(O)c(C=Nc2ccc(N=Cc3cc([N+](=O)[O-])ccc3O)cc2)c1. The van der Waals surface area contributed by atoms with Crippen LogP contribution < -0.4 is 0 Å². The van der Waals surface area contributed by atoms with Crippen molar-refractivity contribution in [2.45, 2.75) is 0 Å². The number of phenolic OH excluding ortho intramolecular Hbond substituents is 2. The molecule has 0 bridgehead atoms. The zero-order valence-corrected chi connectivity index (χ0v) is 15.2. The molecule has 150 valence electrons. The van der Waals surface area contributed by atoms with Crippen LogP contribution in [0.25, 0.3) is 0 Å². The van der Waals surface area contributed by atoms with Crippen molar-refractivity contribution in [3.8, 4) is 11.5 Å². The highest BCUT2D eigenvalue weighted by Gasteiger charge is 2.09. The van der Waals surface area contributed by atoms with Crippen molar-refractivity contribution in [3.05, 3.63) is 92.0 Å². The topological polar surface area (TPSA) is 151 Å². The van der Waals surface area contributed by atoms with Gasteiger partial charge in [0, 0.05) is 47.8 Å². The molecule has 0 heterocycles. The predicted octanol–water partition coefficient (Wildman–Crippen LogP) is 4.42. The highest BCUT2D eigenvalue weighted by molar-refractivity contribution is 5.87. The maximum Gasteiger partial charge on any atom is 0.270 e. The first-order valence-electron chi connectivity index (χ1n) is 8.46. The molecule has 0 radical (unpaired) electrons. The van der Waals surface area contributed by atoms with E-state index in [2.05, 4.69) is 9.98 Å². The summed E-state index contributed by atoms with van der Waals surface area (Å²) in [5, 5.41) is 41.3. The lowest BCUT2D eigenvalue weighted by Crippen LogP contribution is -1.90. The van der Waals surface area contributed by atoms with E-state index in [1.807, 2.05) is 0 Å². The third-order valence-electron chi connectivity index (χ3n) is 4.00. The van der Waals surface area contributed by atoms with Crippen LogP contribution in [-0.2, 0) is 0 Å². The van der Waals surface area contributed by atoms with Gasteiger partial charge in [-0.3, -0.25) is 30.2 Å². The van der Waals surface area contributed by atoms with Gasteiger partial charge in [0.05, 0.1) is 21.2 Å². The van der Waals surface area contributed by atoms with Gasteiger partial charge in [0.15, 0.2) is 0 Å². The second-order valence-electron chi connectivity index (χ2n) is 6.03. The number of benzene rings is 3. The summed E-state index contributed by atoms with van der Waals surface area (Å²) in [5.74, 6) is -0.273. The van der Waals surface area contributed by atoms with Crippen molar-refractivity contribution in [2.24, 2.45) is 9.98 Å². The van der Waals surface area contributed by atoms with E-state index in [0.717, 1.165) is 0 Å². The van der Waals surface area contributed by atoms with Crippen LogP contribution in [0.15, 0.2) is 70.6 Å². The molecule has 10 heteroatoms. The van der Waals surface area contributed by atoms with E-state index in [-0.39, 0.29) is 34.0 Å². The molecule has 3 rings (SSSR count). The van der Waals surface area contributed by atoms with Gasteiger partial charge in [-0.25, -0.2) is 0 Å². The van der Waals surface area contributed by atoms with Crippen LogP contribution in [0.5, 0.6) is 11.5 Å². The normalized spacial score (nSPS) is 11.2. The highest BCUT2D eigenvalue weighted by atomic mass is 16.6. The highest BCUT2D eigenvalue weighted by Crippen LogP contribution is 2.25. The van der Waals surface area contributed by atoms with E-state index in [4.69, 9.17) is 0 Å². The van der Waals surface area contributed by atoms with Gasteiger partial charge in [-0.1, -0.05) is 0 Å². The molecule has 0 aliphatic heterocycles. The Labute approximate surface area is 169 Å². The Hall–Kier alpha value is -4.60. The summed E-state index contributed by atoms with van der Waals surface area (Å²) in [7, 11) is 0. The van der Waals surface area contributed by atoms with Crippen molar-refractivity contribution in [2.75, 3.05) is 0 Å². The Balaban J connectivity index is 1.76. The first-order valence-corrected chi connectivity index (χ1v) is 8.46. The molecule has 0 aromatic heterocycles. The molecular formula is C20H14N4O6. The summed E-state index contributed by atoms with van der Waals surface area (Å²) >= 11 is 0. The minimum absolute atomic E-state index is 0.137. The van der Waals surface area contributed by atoms with Crippen LogP contribution in [0.2, 0.25) is 0 Å². The van der Waals surface area contributed by atoms with E-state index in [1.165, 1.54) is 48.8 Å². The lowest BCUT2D eigenvalue weighted by atomic mass is 10.2. The first kappa shape index (κ1) is 20.1. The van der Waals surface area contributed by atoms with Crippen molar-refractivity contribution in [3.63, 3.8) is 0 Å². The van der Waals surface area contributed by atoms with Gasteiger partial charge in [-0.05, 0) is 36.4 Å². The van der Waals surface area contributed by atoms with E-state index in [1.54, 1.807) is 24.3 Å². The molecule has 0 aliphatic rings. The van der Waals surface area contributed by atoms with Gasteiger partial charge in [0.2, 0.25) is 0 Å². The number of nitro benzene ring substituents is 2. The van der Waals surface area contributed by atoms with Crippen molar-refractivity contribution in [1.82, 2.24) is 0 Å². The van der Waals surface area contributed by atoms with E-state index < -0.39 is 9.85 Å². The minimum atomic E-state index is -0.567. The van der Waals surface area contributed by atoms with E-state index in [0.29, 0.717) is 11.4 Å². The average molecular weight is 406 g/mol. The Kier molecular flexibility index (Phi) is 5.78. The Bertz CT molecular complexity index is 1080. The predicted molar refractivity (Wildman–Crippen MR) is 110 cm³/mol. The molecule has 0 spiro atoms. The zero-order valence-electron chi connectivity index (χ0n) is 15.2. The molecule has 0 unspecified atom stereocenters. The summed E-state index contributed by atoms with van der Waals surface area (Å²) in [6, 6.07) is 13.8. The van der Waals surface area contributed by atoms with Crippen LogP contribution in [0.1, 0.15) is 11.1 Å². The lowest BCUT2D eigenvalue weighted by Gasteiger charge is -2.00. The van der Waals surface area contributed by atoms with Crippen molar-refractivity contribution >= 4 is 35.2 Å². The molecule has 3 aromatic rings. The number of nitro groups is 2. The molecule has 0 saturated heterocycles. The number of phenols is 2. The van der Waals surface area contributed by atoms with E-state index >= 15 is 0 Å². The molecule has 0 fully saturated rings. The molecule has 3 aromatic carbocycles. The van der Waals surface area contributed by atoms with Crippen LogP contribution in [0, 0.1) is 20.2 Å². The van der Waals surface area contributed by atoms with Crippen molar-refractivity contribution < 1.29 is 20.1 Å². The van der Waals surface area contributed by atoms with Gasteiger partial charge in [-0.2, -0.15) is 0 Å². The number of aromatic hydroxyl groups is 2. The summed E-state index contributed by atoms with van der Waals surface area (Å²) in [6.45, 7) is 0. The Morgan fingerprint density at radius 2 is 1.03 bits per heavy atom. The molecule has 10 nitrogen and oxygen atoms in total. The second-order valence-corrected chi connectivity index (χ2v) is 6.03. The fourth-order valence-electron chi connectivity index (χ4n) is 2.43. The van der Waals surface area contributed by atoms with E-state index in [9.17, 15) is 30.4 Å². The number of aliphatic imine (C=N–C) groups is 2. The van der Waals surface area contributed by atoms with Crippen molar-refractivity contribution in [1.29, 1.82) is 0 Å². The van der Waals surface area contributed by atoms with Gasteiger partial charge in [-0.15, -0.1) is 0 Å². The van der Waals surface area contributed by atoms with Gasteiger partial charge < -0.3 is 10.2 Å². The molecule has 0 saturated carbocycles. The van der Waals surface area contributed by atoms with Crippen LogP contribution in [0.3, 0.4) is 0 Å². The average Bonchev–Trinajstić information content (AvgIpc) is 2.73. The number of non-ortho nitro benzene ring substituents is 2. The van der Waals surface area contributed by atoms with Crippen LogP contribution in [0.4, 0.5) is 22.7 Å². The lowest BCUT2D eigenvalue weighted by molar-refractivity contribution is -0.385. The maximum atomic E-state index is 10.8. The Morgan fingerprint density at radius 3 is 1.37 bits per heavy atom. The molecular weight excluding hydrogens is 392 g/mol. The molecule has 2 N–H and O–H groups in total. The fraction of sp³-hybridized carbons (Fsp3) is 0. The van der Waals surface area contributed by atoms with Crippen LogP contribution >= 0.6 is 0 Å². The summed E-state index contributed by atoms with van der Waals surface area (Å²) in [5.41, 5.74) is 1.10. The summed E-state index contributed by atoms with van der Waals surface area (Å²) in [6.07, 6.45) is 2.61. The number of hydrogen-bond donors (Lipinski definition) is 2. The van der Waals surface area contributed by atoms with Gasteiger partial charge >= 0.3 is 0 Å². The first-order chi connectivity index (χ1) is 14.3. The van der Waals surface area contributed by atoms with Gasteiger partial charge in [0.25, 0.3) is 11.4 Å². The largest absolute Gasteiger partial charge is 0.507 e. The summed E-state index contributed by atoms with van der Waals surface area (Å²) < 4.78 is 0. The zero-order chi connectivity index (χ0) is 21.7. The van der Waals surface area contributed by atoms with Crippen LogP contribution in [-0.4, -0.2) is 32.5 Å².